The van der Waals surface area contributed by atoms with Crippen LogP contribution in [0.25, 0.3) is 0 Å². The van der Waals surface area contributed by atoms with Gasteiger partial charge < -0.3 is 16.0 Å². The second kappa shape index (κ2) is 6.50. The van der Waals surface area contributed by atoms with Crippen LogP contribution in [0.2, 0.25) is 5.02 Å². The first kappa shape index (κ1) is 15.2. The Hall–Kier alpha value is -2.20. The van der Waals surface area contributed by atoms with E-state index in [1.165, 1.54) is 0 Å². The van der Waals surface area contributed by atoms with Gasteiger partial charge in [-0.3, -0.25) is 4.79 Å². The number of anilines is 2. The average Bonchev–Trinajstić information content (AvgIpc) is 2.48. The fourth-order valence-corrected chi connectivity index (χ4v) is 2.27. The Labute approximate surface area is 129 Å². The Kier molecular flexibility index (Phi) is 4.70. The molecule has 0 atom stereocenters. The lowest BCUT2D eigenvalue weighted by Gasteiger charge is -2.22. The summed E-state index contributed by atoms with van der Waals surface area (Å²) in [6.45, 7) is 0.657. The molecule has 0 saturated heterocycles. The third-order valence-electron chi connectivity index (χ3n) is 3.24. The topological polar surface area (TPSA) is 58.4 Å². The van der Waals surface area contributed by atoms with E-state index in [2.05, 4.69) is 5.32 Å². The SMILES string of the molecule is CNC(=O)c1ccc(N)cc1N(C)Cc1ccc(Cl)cc1. The number of amides is 1. The normalized spacial score (nSPS) is 10.2. The molecule has 0 spiro atoms. The number of carbonyl (C=O) groups is 1. The lowest BCUT2D eigenvalue weighted by molar-refractivity contribution is 0.0963. The van der Waals surface area contributed by atoms with Gasteiger partial charge in [-0.25, -0.2) is 0 Å². The van der Waals surface area contributed by atoms with E-state index in [4.69, 9.17) is 17.3 Å². The van der Waals surface area contributed by atoms with Gasteiger partial charge in [0.15, 0.2) is 0 Å². The Morgan fingerprint density at radius 1 is 1.24 bits per heavy atom. The maximum Gasteiger partial charge on any atom is 0.253 e. The van der Waals surface area contributed by atoms with Gasteiger partial charge >= 0.3 is 0 Å². The van der Waals surface area contributed by atoms with Crippen LogP contribution in [0.1, 0.15) is 15.9 Å². The number of nitrogens with zero attached hydrogens (tertiary/aromatic N) is 1. The Morgan fingerprint density at radius 3 is 2.52 bits per heavy atom. The maximum absolute atomic E-state index is 12.0. The Bertz CT molecular complexity index is 640. The zero-order valence-corrected chi connectivity index (χ0v) is 12.8. The summed E-state index contributed by atoms with van der Waals surface area (Å²) in [5, 5.41) is 3.35. The number of carbonyl (C=O) groups excluding carboxylic acids is 1. The molecular formula is C16H18ClN3O. The average molecular weight is 304 g/mol. The molecule has 0 aliphatic heterocycles. The van der Waals surface area contributed by atoms with E-state index in [1.54, 1.807) is 25.2 Å². The highest BCUT2D eigenvalue weighted by atomic mass is 35.5. The van der Waals surface area contributed by atoms with E-state index in [0.717, 1.165) is 11.3 Å². The highest BCUT2D eigenvalue weighted by molar-refractivity contribution is 6.30. The van der Waals surface area contributed by atoms with E-state index in [9.17, 15) is 4.79 Å². The van der Waals surface area contributed by atoms with Crippen molar-refractivity contribution in [2.45, 2.75) is 6.54 Å². The molecule has 21 heavy (non-hydrogen) atoms. The number of halogens is 1. The van der Waals surface area contributed by atoms with Gasteiger partial charge in [0.2, 0.25) is 0 Å². The molecule has 2 aromatic rings. The number of benzene rings is 2. The van der Waals surface area contributed by atoms with Gasteiger partial charge in [-0.15, -0.1) is 0 Å². The van der Waals surface area contributed by atoms with Crippen LogP contribution >= 0.6 is 11.6 Å². The van der Waals surface area contributed by atoms with Gasteiger partial charge in [-0.2, -0.15) is 0 Å². The molecule has 1 amide bonds. The van der Waals surface area contributed by atoms with Crippen LogP contribution in [0.3, 0.4) is 0 Å². The lowest BCUT2D eigenvalue weighted by Crippen LogP contribution is -2.24. The third-order valence-corrected chi connectivity index (χ3v) is 3.49. The summed E-state index contributed by atoms with van der Waals surface area (Å²) in [4.78, 5) is 13.9. The molecule has 0 fully saturated rings. The molecular weight excluding hydrogens is 286 g/mol. The predicted octanol–water partition coefficient (Wildman–Crippen LogP) is 2.92. The molecule has 2 rings (SSSR count). The van der Waals surface area contributed by atoms with Crippen LogP contribution < -0.4 is 16.0 Å². The Morgan fingerprint density at radius 2 is 1.90 bits per heavy atom. The van der Waals surface area contributed by atoms with E-state index < -0.39 is 0 Å². The van der Waals surface area contributed by atoms with Gasteiger partial charge in [0.05, 0.1) is 11.3 Å². The summed E-state index contributed by atoms with van der Waals surface area (Å²) >= 11 is 5.89. The molecule has 3 N–H and O–H groups in total. The predicted molar refractivity (Wildman–Crippen MR) is 87.8 cm³/mol. The van der Waals surface area contributed by atoms with E-state index in [-0.39, 0.29) is 5.91 Å². The number of rotatable bonds is 4. The molecule has 0 unspecified atom stereocenters. The molecule has 0 aliphatic rings. The molecule has 0 aliphatic carbocycles. The van der Waals surface area contributed by atoms with Crippen molar-refractivity contribution in [3.05, 3.63) is 58.6 Å². The molecule has 2 aromatic carbocycles. The first-order valence-corrected chi connectivity index (χ1v) is 6.96. The largest absolute Gasteiger partial charge is 0.399 e. The molecule has 0 saturated carbocycles. The number of hydrogen-bond donors (Lipinski definition) is 2. The van der Waals surface area contributed by atoms with Crippen molar-refractivity contribution in [2.75, 3.05) is 24.7 Å². The minimum absolute atomic E-state index is 0.132. The van der Waals surface area contributed by atoms with E-state index >= 15 is 0 Å². The molecule has 0 radical (unpaired) electrons. The van der Waals surface area contributed by atoms with Crippen molar-refractivity contribution in [2.24, 2.45) is 0 Å². The standard InChI is InChI=1S/C16H18ClN3O/c1-19-16(21)14-8-7-13(18)9-15(14)20(2)10-11-3-5-12(17)6-4-11/h3-9H,10,18H2,1-2H3,(H,19,21). The molecule has 5 heteroatoms. The van der Waals surface area contributed by atoms with Gasteiger partial charge in [-0.05, 0) is 35.9 Å². The first-order chi connectivity index (χ1) is 10.0. The molecule has 110 valence electrons. The van der Waals surface area contributed by atoms with Crippen LogP contribution in [-0.4, -0.2) is 20.0 Å². The molecule has 0 heterocycles. The lowest BCUT2D eigenvalue weighted by atomic mass is 10.1. The number of nitrogen functional groups attached to an aromatic ring is 1. The Balaban J connectivity index is 2.29. The van der Waals surface area contributed by atoms with Crippen LogP contribution in [0.4, 0.5) is 11.4 Å². The molecule has 4 nitrogen and oxygen atoms in total. The second-order valence-electron chi connectivity index (χ2n) is 4.84. The van der Waals surface area contributed by atoms with Crippen molar-refractivity contribution in [3.8, 4) is 0 Å². The number of nitrogens with two attached hydrogens (primary N) is 1. The van der Waals surface area contributed by atoms with Crippen molar-refractivity contribution >= 4 is 28.9 Å². The minimum Gasteiger partial charge on any atom is -0.399 e. The number of nitrogens with one attached hydrogen (secondary N) is 1. The van der Waals surface area contributed by atoms with E-state index in [1.807, 2.05) is 36.2 Å². The quantitative estimate of drug-likeness (QED) is 0.854. The van der Waals surface area contributed by atoms with Crippen LogP contribution in [0, 0.1) is 0 Å². The van der Waals surface area contributed by atoms with Gasteiger partial charge in [0, 0.05) is 31.4 Å². The summed E-state index contributed by atoms with van der Waals surface area (Å²) in [5.41, 5.74) is 8.97. The minimum atomic E-state index is -0.132. The highest BCUT2D eigenvalue weighted by Crippen LogP contribution is 2.24. The van der Waals surface area contributed by atoms with Crippen molar-refractivity contribution in [1.82, 2.24) is 5.32 Å². The van der Waals surface area contributed by atoms with Crippen LogP contribution in [0.5, 0.6) is 0 Å². The fraction of sp³-hybridized carbons (Fsp3) is 0.188. The van der Waals surface area contributed by atoms with Crippen LogP contribution in [-0.2, 0) is 6.54 Å². The van der Waals surface area contributed by atoms with Gasteiger partial charge in [-0.1, -0.05) is 23.7 Å². The summed E-state index contributed by atoms with van der Waals surface area (Å²) in [7, 11) is 3.54. The zero-order valence-electron chi connectivity index (χ0n) is 12.1. The van der Waals surface area contributed by atoms with Crippen molar-refractivity contribution in [1.29, 1.82) is 0 Å². The second-order valence-corrected chi connectivity index (χ2v) is 5.27. The summed E-state index contributed by atoms with van der Waals surface area (Å²) in [6, 6.07) is 12.9. The van der Waals surface area contributed by atoms with E-state index in [0.29, 0.717) is 22.8 Å². The third kappa shape index (κ3) is 3.67. The molecule has 0 aromatic heterocycles. The van der Waals surface area contributed by atoms with Gasteiger partial charge in [0.25, 0.3) is 5.91 Å². The molecule has 0 bridgehead atoms. The van der Waals surface area contributed by atoms with Crippen LogP contribution in [0.15, 0.2) is 42.5 Å². The smallest absolute Gasteiger partial charge is 0.253 e. The summed E-state index contributed by atoms with van der Waals surface area (Å²) in [5.74, 6) is -0.132. The zero-order chi connectivity index (χ0) is 15.4. The van der Waals surface area contributed by atoms with Crippen molar-refractivity contribution in [3.63, 3.8) is 0 Å². The maximum atomic E-state index is 12.0. The monoisotopic (exact) mass is 303 g/mol. The fourth-order valence-electron chi connectivity index (χ4n) is 2.14. The number of hydrogen-bond acceptors (Lipinski definition) is 3. The summed E-state index contributed by atoms with van der Waals surface area (Å²) < 4.78 is 0. The highest BCUT2D eigenvalue weighted by Gasteiger charge is 2.14. The van der Waals surface area contributed by atoms with Gasteiger partial charge in [0.1, 0.15) is 0 Å². The van der Waals surface area contributed by atoms with Crippen molar-refractivity contribution < 1.29 is 4.79 Å². The summed E-state index contributed by atoms with van der Waals surface area (Å²) in [6.07, 6.45) is 0. The first-order valence-electron chi connectivity index (χ1n) is 6.58.